The van der Waals surface area contributed by atoms with E-state index in [0.717, 1.165) is 60.9 Å². The van der Waals surface area contributed by atoms with Gasteiger partial charge in [-0.1, -0.05) is 57.7 Å². The molecular formula is C22H38ClN3. The first kappa shape index (κ1) is 24.7. The lowest BCUT2D eigenvalue weighted by atomic mass is 10.1. The van der Waals surface area contributed by atoms with Gasteiger partial charge in [-0.15, -0.1) is 0 Å². The Morgan fingerprint density at radius 3 is 2.38 bits per heavy atom. The molecule has 0 saturated carbocycles. The fourth-order valence-corrected chi connectivity index (χ4v) is 2.72. The summed E-state index contributed by atoms with van der Waals surface area (Å²) in [5.41, 5.74) is 2.57. The van der Waals surface area contributed by atoms with Crippen LogP contribution < -0.4 is 5.32 Å². The predicted molar refractivity (Wildman–Crippen MR) is 119 cm³/mol. The van der Waals surface area contributed by atoms with Crippen LogP contribution in [0.25, 0.3) is 0 Å². The fourth-order valence-electron chi connectivity index (χ4n) is 2.63. The van der Waals surface area contributed by atoms with Gasteiger partial charge in [0.25, 0.3) is 0 Å². The molecule has 0 bridgehead atoms. The van der Waals surface area contributed by atoms with Gasteiger partial charge < -0.3 is 10.2 Å². The van der Waals surface area contributed by atoms with Gasteiger partial charge in [0.05, 0.1) is 5.70 Å². The molecular weight excluding hydrogens is 342 g/mol. The van der Waals surface area contributed by atoms with Crippen LogP contribution in [-0.2, 0) is 0 Å². The highest BCUT2D eigenvalue weighted by Crippen LogP contribution is 2.19. The third-order valence-corrected chi connectivity index (χ3v) is 4.37. The van der Waals surface area contributed by atoms with Crippen LogP contribution in [0.3, 0.4) is 0 Å². The molecule has 1 unspecified atom stereocenters. The van der Waals surface area contributed by atoms with Crippen LogP contribution in [0.1, 0.15) is 60.3 Å². The normalized spacial score (nSPS) is 14.1. The average molecular weight is 380 g/mol. The molecule has 1 atom stereocenters. The van der Waals surface area contributed by atoms with E-state index in [1.165, 1.54) is 6.42 Å². The topological polar surface area (TPSA) is 27.6 Å². The first-order valence-electron chi connectivity index (χ1n) is 9.77. The number of hydrogen-bond acceptors (Lipinski definition) is 3. The predicted octanol–water partition coefficient (Wildman–Crippen LogP) is 6.05. The third kappa shape index (κ3) is 11.3. The van der Waals surface area contributed by atoms with Gasteiger partial charge in [-0.05, 0) is 59.2 Å². The van der Waals surface area contributed by atoms with E-state index in [4.69, 9.17) is 11.6 Å². The summed E-state index contributed by atoms with van der Waals surface area (Å²) in [5, 5.41) is 4.30. The van der Waals surface area contributed by atoms with E-state index in [9.17, 15) is 0 Å². The standard InChI is InChI=1S/C22H38ClN3/c1-8-16-24-20(6)22(15-11-13-18(4)23)21(7)25-19(5)14-12-17-26(9-2)10-3/h13,15-16,19,25H,6-12,14,17H2,1-5H3/b18-13+,22-15+,24-16?. The van der Waals surface area contributed by atoms with Crippen molar-refractivity contribution in [2.24, 2.45) is 4.99 Å². The Morgan fingerprint density at radius 1 is 1.19 bits per heavy atom. The Kier molecular flexibility index (Phi) is 14.1. The third-order valence-electron chi connectivity index (χ3n) is 4.21. The SMILES string of the molecule is C=C(N=CCC)/C(=C\C/C=C(\C)Cl)C(=C)NC(C)CCCN(CC)CC. The first-order chi connectivity index (χ1) is 12.3. The second-order valence-corrected chi connectivity index (χ2v) is 7.10. The van der Waals surface area contributed by atoms with Crippen LogP contribution in [0, 0.1) is 0 Å². The van der Waals surface area contributed by atoms with Gasteiger partial charge in [-0.25, -0.2) is 0 Å². The highest BCUT2D eigenvalue weighted by Gasteiger charge is 2.10. The Morgan fingerprint density at radius 2 is 1.85 bits per heavy atom. The lowest BCUT2D eigenvalue weighted by molar-refractivity contribution is 0.292. The van der Waals surface area contributed by atoms with E-state index >= 15 is 0 Å². The van der Waals surface area contributed by atoms with Crippen molar-refractivity contribution in [1.29, 1.82) is 0 Å². The van der Waals surface area contributed by atoms with Gasteiger partial charge >= 0.3 is 0 Å². The van der Waals surface area contributed by atoms with Gasteiger partial charge in [0.1, 0.15) is 0 Å². The molecule has 0 radical (unpaired) electrons. The Bertz CT molecular complexity index is 509. The quantitative estimate of drug-likeness (QED) is 0.293. The molecule has 148 valence electrons. The molecule has 1 N–H and O–H groups in total. The maximum absolute atomic E-state index is 5.93. The largest absolute Gasteiger partial charge is 0.383 e. The minimum Gasteiger partial charge on any atom is -0.383 e. The lowest BCUT2D eigenvalue weighted by Crippen LogP contribution is -2.29. The monoisotopic (exact) mass is 379 g/mol. The first-order valence-corrected chi connectivity index (χ1v) is 10.2. The van der Waals surface area contributed by atoms with E-state index < -0.39 is 0 Å². The molecule has 0 aromatic rings. The lowest BCUT2D eigenvalue weighted by Gasteiger charge is -2.22. The fraction of sp³-hybridized carbons (Fsp3) is 0.591. The number of aliphatic imine (C=N–C) groups is 1. The highest BCUT2D eigenvalue weighted by atomic mass is 35.5. The van der Waals surface area contributed by atoms with Crippen LogP contribution in [0.15, 0.2) is 52.3 Å². The summed E-state index contributed by atoms with van der Waals surface area (Å²) in [6.07, 6.45) is 9.83. The molecule has 0 aromatic heterocycles. The summed E-state index contributed by atoms with van der Waals surface area (Å²) < 4.78 is 0. The second kappa shape index (κ2) is 14.8. The smallest absolute Gasteiger partial charge is 0.0643 e. The number of allylic oxidation sites excluding steroid dienone is 3. The van der Waals surface area contributed by atoms with Crippen LogP contribution in [0.2, 0.25) is 0 Å². The number of nitrogens with one attached hydrogen (secondary N) is 1. The van der Waals surface area contributed by atoms with Crippen molar-refractivity contribution < 1.29 is 0 Å². The minimum absolute atomic E-state index is 0.356. The molecule has 0 aliphatic carbocycles. The summed E-state index contributed by atoms with van der Waals surface area (Å²) in [4.78, 5) is 6.88. The van der Waals surface area contributed by atoms with Crippen molar-refractivity contribution in [2.75, 3.05) is 19.6 Å². The zero-order valence-electron chi connectivity index (χ0n) is 17.4. The van der Waals surface area contributed by atoms with Crippen LogP contribution >= 0.6 is 11.6 Å². The summed E-state index contributed by atoms with van der Waals surface area (Å²) >= 11 is 5.93. The van der Waals surface area contributed by atoms with Crippen LogP contribution in [0.4, 0.5) is 0 Å². The Hall–Kier alpha value is -1.32. The number of halogens is 1. The van der Waals surface area contributed by atoms with Crippen LogP contribution in [0.5, 0.6) is 0 Å². The summed E-state index contributed by atoms with van der Waals surface area (Å²) in [7, 11) is 0. The molecule has 0 heterocycles. The van der Waals surface area contributed by atoms with Crippen molar-refractivity contribution in [3.05, 3.63) is 47.3 Å². The molecule has 0 amide bonds. The Balaban J connectivity index is 4.81. The maximum Gasteiger partial charge on any atom is 0.0643 e. The van der Waals surface area contributed by atoms with E-state index in [1.54, 1.807) is 0 Å². The summed E-state index contributed by atoms with van der Waals surface area (Å²) in [6.45, 7) is 22.2. The maximum atomic E-state index is 5.93. The molecule has 0 spiro atoms. The molecule has 3 nitrogen and oxygen atoms in total. The molecule has 0 fully saturated rings. The summed E-state index contributed by atoms with van der Waals surface area (Å²) in [5.74, 6) is 0. The van der Waals surface area contributed by atoms with Crippen LogP contribution in [-0.4, -0.2) is 36.8 Å². The minimum atomic E-state index is 0.356. The van der Waals surface area contributed by atoms with Crippen molar-refractivity contribution in [3.63, 3.8) is 0 Å². The van der Waals surface area contributed by atoms with E-state index in [1.807, 2.05) is 19.2 Å². The van der Waals surface area contributed by atoms with Gasteiger partial charge in [-0.2, -0.15) is 0 Å². The molecule has 0 saturated heterocycles. The van der Waals surface area contributed by atoms with E-state index in [2.05, 4.69) is 62.1 Å². The van der Waals surface area contributed by atoms with Gasteiger partial charge in [0.2, 0.25) is 0 Å². The second-order valence-electron chi connectivity index (χ2n) is 6.50. The molecule has 0 aromatic carbocycles. The molecule has 0 aliphatic heterocycles. The van der Waals surface area contributed by atoms with Crippen molar-refractivity contribution >= 4 is 17.8 Å². The van der Waals surface area contributed by atoms with Gasteiger partial charge in [0, 0.05) is 28.6 Å². The van der Waals surface area contributed by atoms with E-state index in [-0.39, 0.29) is 0 Å². The highest BCUT2D eigenvalue weighted by molar-refractivity contribution is 6.29. The molecule has 4 heteroatoms. The zero-order chi connectivity index (χ0) is 19.9. The number of rotatable bonds is 14. The van der Waals surface area contributed by atoms with Crippen molar-refractivity contribution in [1.82, 2.24) is 10.2 Å². The zero-order valence-corrected chi connectivity index (χ0v) is 18.2. The van der Waals surface area contributed by atoms with Crippen molar-refractivity contribution in [2.45, 2.75) is 66.3 Å². The Labute approximate surface area is 166 Å². The van der Waals surface area contributed by atoms with Gasteiger partial charge in [-0.3, -0.25) is 4.99 Å². The number of nitrogens with zero attached hydrogens (tertiary/aromatic N) is 2. The van der Waals surface area contributed by atoms with E-state index in [0.29, 0.717) is 6.04 Å². The molecule has 0 aliphatic rings. The van der Waals surface area contributed by atoms with Crippen molar-refractivity contribution in [3.8, 4) is 0 Å². The molecule has 26 heavy (non-hydrogen) atoms. The molecule has 0 rings (SSSR count). The number of hydrogen-bond donors (Lipinski definition) is 1. The summed E-state index contributed by atoms with van der Waals surface area (Å²) in [6, 6.07) is 0.356. The average Bonchev–Trinajstić information content (AvgIpc) is 2.59. The van der Waals surface area contributed by atoms with Gasteiger partial charge in [0.15, 0.2) is 0 Å².